The van der Waals surface area contributed by atoms with Crippen LogP contribution in [-0.4, -0.2) is 27.3 Å². The highest BCUT2D eigenvalue weighted by Crippen LogP contribution is 2.17. The first-order valence-electron chi connectivity index (χ1n) is 9.66. The van der Waals surface area contributed by atoms with Gasteiger partial charge in [-0.1, -0.05) is 84.6 Å². The molecule has 30 heavy (non-hydrogen) atoms. The van der Waals surface area contributed by atoms with Crippen LogP contribution in [0.4, 0.5) is 0 Å². The Morgan fingerprint density at radius 2 is 1.60 bits per heavy atom. The lowest BCUT2D eigenvalue weighted by Gasteiger charge is -2.09. The molecule has 0 fully saturated rings. The van der Waals surface area contributed by atoms with Crippen molar-refractivity contribution in [3.8, 4) is 5.75 Å². The van der Waals surface area contributed by atoms with Crippen molar-refractivity contribution in [3.05, 3.63) is 107 Å². The van der Waals surface area contributed by atoms with Crippen molar-refractivity contribution in [3.63, 3.8) is 0 Å². The van der Waals surface area contributed by atoms with Crippen molar-refractivity contribution in [2.24, 2.45) is 5.10 Å². The van der Waals surface area contributed by atoms with E-state index in [4.69, 9.17) is 9.84 Å². The topological polar surface area (TPSA) is 52.3 Å². The fourth-order valence-electron chi connectivity index (χ4n) is 3.02. The standard InChI is InChI=1S/C24H22N4OS/c1-30-24-27-26-23(16-19-10-4-2-5-11-19)28(24)25-17-20-12-8-9-13-21(20)18-29-22-14-6-3-7-15-22/h2-15,17H,16,18H2,1H3/b25-17-. The Labute approximate surface area is 180 Å². The van der Waals surface area contributed by atoms with Crippen molar-refractivity contribution in [2.45, 2.75) is 18.2 Å². The Morgan fingerprint density at radius 3 is 2.37 bits per heavy atom. The summed E-state index contributed by atoms with van der Waals surface area (Å²) in [7, 11) is 0. The van der Waals surface area contributed by atoms with Crippen LogP contribution in [0.5, 0.6) is 5.75 Å². The molecule has 0 saturated carbocycles. The Balaban J connectivity index is 1.56. The van der Waals surface area contributed by atoms with Crippen LogP contribution in [0.15, 0.2) is 95.2 Å². The highest BCUT2D eigenvalue weighted by molar-refractivity contribution is 7.98. The summed E-state index contributed by atoms with van der Waals surface area (Å²) in [4.78, 5) is 0. The van der Waals surface area contributed by atoms with Gasteiger partial charge in [0.15, 0.2) is 5.82 Å². The minimum absolute atomic E-state index is 0.473. The third-order valence-corrected chi connectivity index (χ3v) is 5.19. The molecule has 6 heteroatoms. The number of hydrogen-bond donors (Lipinski definition) is 0. The third kappa shape index (κ3) is 4.96. The molecule has 4 aromatic rings. The van der Waals surface area contributed by atoms with Crippen LogP contribution < -0.4 is 4.74 Å². The van der Waals surface area contributed by atoms with Crippen LogP contribution in [0.1, 0.15) is 22.5 Å². The highest BCUT2D eigenvalue weighted by atomic mass is 32.2. The van der Waals surface area contributed by atoms with E-state index in [1.165, 1.54) is 17.3 Å². The van der Waals surface area contributed by atoms with E-state index in [2.05, 4.69) is 28.4 Å². The molecule has 0 spiro atoms. The predicted molar refractivity (Wildman–Crippen MR) is 121 cm³/mol. The molecular formula is C24H22N4OS. The number of nitrogens with zero attached hydrogens (tertiary/aromatic N) is 4. The Morgan fingerprint density at radius 1 is 0.900 bits per heavy atom. The maximum atomic E-state index is 5.92. The molecule has 0 aliphatic carbocycles. The lowest BCUT2D eigenvalue weighted by atomic mass is 10.1. The van der Waals surface area contributed by atoms with Gasteiger partial charge in [-0.25, -0.2) is 0 Å². The van der Waals surface area contributed by atoms with Gasteiger partial charge in [-0.2, -0.15) is 9.78 Å². The van der Waals surface area contributed by atoms with E-state index in [-0.39, 0.29) is 0 Å². The fraction of sp³-hybridized carbons (Fsp3) is 0.125. The first kappa shape index (κ1) is 19.9. The predicted octanol–water partition coefficient (Wildman–Crippen LogP) is 5.05. The van der Waals surface area contributed by atoms with Crippen LogP contribution >= 0.6 is 11.8 Å². The monoisotopic (exact) mass is 414 g/mol. The summed E-state index contributed by atoms with van der Waals surface area (Å²) in [5.74, 6) is 1.65. The molecule has 5 nitrogen and oxygen atoms in total. The average Bonchev–Trinajstić information content (AvgIpc) is 3.19. The smallest absolute Gasteiger partial charge is 0.211 e. The second kappa shape index (κ2) is 9.89. The summed E-state index contributed by atoms with van der Waals surface area (Å²) in [6.07, 6.45) is 4.50. The van der Waals surface area contributed by atoms with E-state index in [1.54, 1.807) is 0 Å². The molecule has 1 aromatic heterocycles. The number of hydrogen-bond acceptors (Lipinski definition) is 5. The summed E-state index contributed by atoms with van der Waals surface area (Å²) in [5.41, 5.74) is 3.24. The van der Waals surface area contributed by atoms with Crippen molar-refractivity contribution < 1.29 is 4.74 Å². The lowest BCUT2D eigenvalue weighted by Crippen LogP contribution is -2.03. The van der Waals surface area contributed by atoms with Crippen molar-refractivity contribution >= 4 is 18.0 Å². The molecule has 0 amide bonds. The van der Waals surface area contributed by atoms with E-state index < -0.39 is 0 Å². The molecule has 0 aliphatic heterocycles. The van der Waals surface area contributed by atoms with Crippen LogP contribution in [-0.2, 0) is 13.0 Å². The van der Waals surface area contributed by atoms with Crippen molar-refractivity contribution in [2.75, 3.05) is 6.26 Å². The Kier molecular flexibility index (Phi) is 6.57. The summed E-state index contributed by atoms with van der Waals surface area (Å²) in [6.45, 7) is 0.473. The van der Waals surface area contributed by atoms with Gasteiger partial charge in [0.1, 0.15) is 12.4 Å². The van der Waals surface area contributed by atoms with Crippen LogP contribution in [0, 0.1) is 0 Å². The minimum Gasteiger partial charge on any atom is -0.489 e. The summed E-state index contributed by atoms with van der Waals surface area (Å²) >= 11 is 1.52. The zero-order valence-corrected chi connectivity index (χ0v) is 17.5. The molecule has 0 aliphatic rings. The lowest BCUT2D eigenvalue weighted by molar-refractivity contribution is 0.306. The molecule has 0 N–H and O–H groups in total. The summed E-state index contributed by atoms with van der Waals surface area (Å²) in [5, 5.41) is 14.1. The van der Waals surface area contributed by atoms with Gasteiger partial charge in [-0.3, -0.25) is 0 Å². The molecule has 3 aromatic carbocycles. The number of rotatable bonds is 8. The van der Waals surface area contributed by atoms with Gasteiger partial charge in [0.2, 0.25) is 5.16 Å². The number of benzene rings is 3. The first-order chi connectivity index (χ1) is 14.8. The maximum Gasteiger partial charge on any atom is 0.211 e. The van der Waals surface area contributed by atoms with E-state index in [1.807, 2.05) is 83.9 Å². The van der Waals surface area contributed by atoms with Crippen LogP contribution in [0.2, 0.25) is 0 Å². The zero-order valence-electron chi connectivity index (χ0n) is 16.7. The molecule has 0 saturated heterocycles. The zero-order chi connectivity index (χ0) is 20.6. The number of ether oxygens (including phenoxy) is 1. The molecule has 0 unspecified atom stereocenters. The number of thioether (sulfide) groups is 1. The second-order valence-corrected chi connectivity index (χ2v) is 7.40. The van der Waals surface area contributed by atoms with Gasteiger partial charge in [0.25, 0.3) is 0 Å². The quantitative estimate of drug-likeness (QED) is 0.299. The van der Waals surface area contributed by atoms with Gasteiger partial charge in [0, 0.05) is 12.0 Å². The third-order valence-electron chi connectivity index (χ3n) is 4.57. The Hall–Kier alpha value is -3.38. The normalized spacial score (nSPS) is 11.1. The van der Waals surface area contributed by atoms with Gasteiger partial charge < -0.3 is 4.74 Å². The second-order valence-electron chi connectivity index (χ2n) is 6.62. The molecular weight excluding hydrogens is 392 g/mol. The molecule has 0 atom stereocenters. The van der Waals surface area contributed by atoms with E-state index in [0.717, 1.165) is 27.9 Å². The summed E-state index contributed by atoms with van der Waals surface area (Å²) < 4.78 is 7.73. The molecule has 0 radical (unpaired) electrons. The van der Waals surface area contributed by atoms with Crippen molar-refractivity contribution in [1.82, 2.24) is 14.9 Å². The van der Waals surface area contributed by atoms with Gasteiger partial charge in [0.05, 0.1) is 6.21 Å². The number of para-hydroxylation sites is 1. The average molecular weight is 415 g/mol. The van der Waals surface area contributed by atoms with Gasteiger partial charge >= 0.3 is 0 Å². The van der Waals surface area contributed by atoms with Crippen LogP contribution in [0.25, 0.3) is 0 Å². The van der Waals surface area contributed by atoms with Gasteiger partial charge in [-0.05, 0) is 29.5 Å². The molecule has 0 bridgehead atoms. The SMILES string of the molecule is CSc1nnc(Cc2ccccc2)n1/N=C\c1ccccc1COc1ccccc1. The Bertz CT molecular complexity index is 1110. The first-order valence-corrected chi connectivity index (χ1v) is 10.9. The van der Waals surface area contributed by atoms with E-state index in [0.29, 0.717) is 13.0 Å². The van der Waals surface area contributed by atoms with E-state index in [9.17, 15) is 0 Å². The number of aromatic nitrogens is 3. The molecule has 150 valence electrons. The minimum atomic E-state index is 0.473. The largest absolute Gasteiger partial charge is 0.489 e. The van der Waals surface area contributed by atoms with Crippen LogP contribution in [0.3, 0.4) is 0 Å². The fourth-order valence-corrected chi connectivity index (χ4v) is 3.46. The van der Waals surface area contributed by atoms with E-state index >= 15 is 0 Å². The van der Waals surface area contributed by atoms with Crippen molar-refractivity contribution in [1.29, 1.82) is 0 Å². The molecule has 4 rings (SSSR count). The van der Waals surface area contributed by atoms with Gasteiger partial charge in [-0.15, -0.1) is 10.2 Å². The summed E-state index contributed by atoms with van der Waals surface area (Å²) in [6, 6.07) is 28.1. The maximum absolute atomic E-state index is 5.92. The highest BCUT2D eigenvalue weighted by Gasteiger charge is 2.11. The molecule has 1 heterocycles.